The lowest BCUT2D eigenvalue weighted by molar-refractivity contribution is 0.0952. The molecular weight excluding hydrogens is 424 g/mol. The molecule has 2 heterocycles. The van der Waals surface area contributed by atoms with E-state index in [1.54, 1.807) is 29.8 Å². The number of thioether (sulfide) groups is 1. The van der Waals surface area contributed by atoms with Gasteiger partial charge in [-0.05, 0) is 28.7 Å². The van der Waals surface area contributed by atoms with Gasteiger partial charge < -0.3 is 15.4 Å². The summed E-state index contributed by atoms with van der Waals surface area (Å²) in [5, 5.41) is 14.5. The number of amides is 1. The highest BCUT2D eigenvalue weighted by atomic mass is 32.2. The summed E-state index contributed by atoms with van der Waals surface area (Å²) < 4.78 is 6.93. The third kappa shape index (κ3) is 5.00. The molecule has 0 atom stereocenters. The summed E-state index contributed by atoms with van der Waals surface area (Å²) in [6, 6.07) is 13.7. The van der Waals surface area contributed by atoms with Crippen LogP contribution in [0, 0.1) is 0 Å². The summed E-state index contributed by atoms with van der Waals surface area (Å²) in [5.41, 5.74) is 1.39. The summed E-state index contributed by atoms with van der Waals surface area (Å²) in [6.07, 6.45) is 1.76. The number of anilines is 1. The lowest BCUT2D eigenvalue weighted by Crippen LogP contribution is -2.27. The zero-order valence-corrected chi connectivity index (χ0v) is 19.0. The Balaban J connectivity index is 1.46. The molecule has 166 valence electrons. The lowest BCUT2D eigenvalue weighted by atomic mass is 10.1. The SMILES string of the molecule is CCSc1nc(NCCOC)c2cnn(CCNC(=O)c3ccc4ccccc4c3)c2n1. The number of fused-ring (bicyclic) bond motifs is 2. The van der Waals surface area contributed by atoms with Crippen molar-refractivity contribution >= 4 is 45.3 Å². The second-order valence-corrected chi connectivity index (χ2v) is 8.36. The number of carbonyl (C=O) groups excluding carboxylic acids is 1. The van der Waals surface area contributed by atoms with Crippen LogP contribution in [-0.2, 0) is 11.3 Å². The van der Waals surface area contributed by atoms with Crippen LogP contribution in [0.15, 0.2) is 53.8 Å². The zero-order valence-electron chi connectivity index (χ0n) is 18.2. The van der Waals surface area contributed by atoms with Crippen molar-refractivity contribution in [3.05, 3.63) is 54.2 Å². The molecule has 0 aliphatic heterocycles. The summed E-state index contributed by atoms with van der Waals surface area (Å²) in [5.74, 6) is 1.51. The molecule has 8 nitrogen and oxygen atoms in total. The van der Waals surface area contributed by atoms with Crippen LogP contribution in [0.4, 0.5) is 5.82 Å². The number of carbonyl (C=O) groups is 1. The average molecular weight is 451 g/mol. The largest absolute Gasteiger partial charge is 0.383 e. The summed E-state index contributed by atoms with van der Waals surface area (Å²) in [4.78, 5) is 21.9. The average Bonchev–Trinajstić information content (AvgIpc) is 3.22. The third-order valence-corrected chi connectivity index (χ3v) is 5.70. The van der Waals surface area contributed by atoms with Gasteiger partial charge in [-0.2, -0.15) is 5.10 Å². The number of hydrogen-bond donors (Lipinski definition) is 2. The molecule has 0 unspecified atom stereocenters. The van der Waals surface area contributed by atoms with Crippen molar-refractivity contribution in [2.75, 3.05) is 37.9 Å². The Morgan fingerprint density at radius 1 is 1.12 bits per heavy atom. The van der Waals surface area contributed by atoms with Crippen LogP contribution in [0.1, 0.15) is 17.3 Å². The molecule has 0 aliphatic rings. The predicted octanol–water partition coefficient (Wildman–Crippen LogP) is 3.58. The number of nitrogens with one attached hydrogen (secondary N) is 2. The summed E-state index contributed by atoms with van der Waals surface area (Å²) in [6.45, 7) is 4.24. The van der Waals surface area contributed by atoms with Crippen molar-refractivity contribution in [1.82, 2.24) is 25.1 Å². The van der Waals surface area contributed by atoms with E-state index in [2.05, 4.69) is 32.6 Å². The molecule has 0 spiro atoms. The van der Waals surface area contributed by atoms with Crippen molar-refractivity contribution in [3.63, 3.8) is 0 Å². The number of benzene rings is 2. The van der Waals surface area contributed by atoms with Crippen LogP contribution in [-0.4, -0.2) is 58.2 Å². The Morgan fingerprint density at radius 3 is 2.78 bits per heavy atom. The third-order valence-electron chi connectivity index (χ3n) is 4.97. The molecule has 0 radical (unpaired) electrons. The quantitative estimate of drug-likeness (QED) is 0.217. The van der Waals surface area contributed by atoms with Gasteiger partial charge in [0.05, 0.1) is 24.7 Å². The normalized spacial score (nSPS) is 11.2. The van der Waals surface area contributed by atoms with E-state index in [1.807, 2.05) is 42.5 Å². The fourth-order valence-corrected chi connectivity index (χ4v) is 3.97. The Bertz CT molecular complexity index is 1230. The molecular formula is C23H26N6O2S. The topological polar surface area (TPSA) is 94.0 Å². The molecule has 0 aliphatic carbocycles. The molecule has 0 saturated heterocycles. The minimum absolute atomic E-state index is 0.106. The van der Waals surface area contributed by atoms with Gasteiger partial charge in [0.1, 0.15) is 5.82 Å². The number of rotatable bonds is 10. The number of aromatic nitrogens is 4. The maximum absolute atomic E-state index is 12.6. The van der Waals surface area contributed by atoms with Crippen LogP contribution in [0.25, 0.3) is 21.8 Å². The fraction of sp³-hybridized carbons (Fsp3) is 0.304. The first-order valence-electron chi connectivity index (χ1n) is 10.6. The monoisotopic (exact) mass is 450 g/mol. The second-order valence-electron chi connectivity index (χ2n) is 7.13. The van der Waals surface area contributed by atoms with Crippen LogP contribution in [0.5, 0.6) is 0 Å². The molecule has 9 heteroatoms. The molecule has 0 bridgehead atoms. The van der Waals surface area contributed by atoms with E-state index in [1.165, 1.54) is 0 Å². The highest BCUT2D eigenvalue weighted by molar-refractivity contribution is 7.99. The van der Waals surface area contributed by atoms with E-state index in [9.17, 15) is 4.79 Å². The minimum Gasteiger partial charge on any atom is -0.383 e. The standard InChI is InChI=1S/C23H26N6O2S/c1-3-32-23-27-20(24-11-13-31-2)19-15-26-29(21(19)28-23)12-10-25-22(30)18-9-8-16-6-4-5-7-17(16)14-18/h4-9,14-15H,3,10-13H2,1-2H3,(H,25,30)(H,24,27,28). The molecule has 2 N–H and O–H groups in total. The molecule has 2 aromatic carbocycles. The fourth-order valence-electron chi connectivity index (χ4n) is 3.41. The zero-order chi connectivity index (χ0) is 22.3. The first-order valence-corrected chi connectivity index (χ1v) is 11.5. The van der Waals surface area contributed by atoms with Crippen LogP contribution in [0.2, 0.25) is 0 Å². The van der Waals surface area contributed by atoms with E-state index >= 15 is 0 Å². The van der Waals surface area contributed by atoms with E-state index in [-0.39, 0.29) is 5.91 Å². The van der Waals surface area contributed by atoms with E-state index in [0.29, 0.717) is 37.0 Å². The molecule has 0 fully saturated rings. The summed E-state index contributed by atoms with van der Waals surface area (Å²) in [7, 11) is 1.67. The van der Waals surface area contributed by atoms with Crippen LogP contribution < -0.4 is 10.6 Å². The van der Waals surface area contributed by atoms with Crippen LogP contribution in [0.3, 0.4) is 0 Å². The number of methoxy groups -OCH3 is 1. The smallest absolute Gasteiger partial charge is 0.251 e. The first kappa shape index (κ1) is 22.0. The predicted molar refractivity (Wildman–Crippen MR) is 128 cm³/mol. The maximum Gasteiger partial charge on any atom is 0.251 e. The summed E-state index contributed by atoms with van der Waals surface area (Å²) >= 11 is 1.58. The van der Waals surface area contributed by atoms with Gasteiger partial charge in [0.2, 0.25) is 0 Å². The molecule has 1 amide bonds. The number of hydrogen-bond acceptors (Lipinski definition) is 7. The Hall–Kier alpha value is -3.17. The maximum atomic E-state index is 12.6. The highest BCUT2D eigenvalue weighted by Gasteiger charge is 2.13. The minimum atomic E-state index is -0.106. The Morgan fingerprint density at radius 2 is 1.97 bits per heavy atom. The van der Waals surface area contributed by atoms with Gasteiger partial charge in [0.15, 0.2) is 10.8 Å². The molecule has 4 aromatic rings. The van der Waals surface area contributed by atoms with Crippen molar-refractivity contribution in [2.45, 2.75) is 18.6 Å². The molecule has 2 aromatic heterocycles. The number of ether oxygens (including phenoxy) is 1. The van der Waals surface area contributed by atoms with Gasteiger partial charge in [-0.25, -0.2) is 14.6 Å². The Labute approximate surface area is 190 Å². The van der Waals surface area contributed by atoms with Gasteiger partial charge >= 0.3 is 0 Å². The van der Waals surface area contributed by atoms with Gasteiger partial charge in [-0.3, -0.25) is 4.79 Å². The van der Waals surface area contributed by atoms with Crippen molar-refractivity contribution in [3.8, 4) is 0 Å². The van der Waals surface area contributed by atoms with Crippen molar-refractivity contribution in [2.24, 2.45) is 0 Å². The van der Waals surface area contributed by atoms with Crippen molar-refractivity contribution in [1.29, 1.82) is 0 Å². The molecule has 4 rings (SSSR count). The van der Waals surface area contributed by atoms with Gasteiger partial charge in [-0.15, -0.1) is 0 Å². The molecule has 32 heavy (non-hydrogen) atoms. The van der Waals surface area contributed by atoms with Gasteiger partial charge in [0.25, 0.3) is 5.91 Å². The first-order chi connectivity index (χ1) is 15.7. The highest BCUT2D eigenvalue weighted by Crippen LogP contribution is 2.24. The van der Waals surface area contributed by atoms with E-state index in [0.717, 1.165) is 33.4 Å². The van der Waals surface area contributed by atoms with Crippen LogP contribution >= 0.6 is 11.8 Å². The second kappa shape index (κ2) is 10.4. The molecule has 0 saturated carbocycles. The van der Waals surface area contributed by atoms with Crippen molar-refractivity contribution < 1.29 is 9.53 Å². The number of nitrogens with zero attached hydrogens (tertiary/aromatic N) is 4. The Kier molecular flexibility index (Phi) is 7.18. The van der Waals surface area contributed by atoms with Gasteiger partial charge in [-0.1, -0.05) is 49.0 Å². The van der Waals surface area contributed by atoms with E-state index in [4.69, 9.17) is 4.74 Å². The van der Waals surface area contributed by atoms with E-state index < -0.39 is 0 Å². The lowest BCUT2D eigenvalue weighted by Gasteiger charge is -2.10. The van der Waals surface area contributed by atoms with Gasteiger partial charge in [0, 0.05) is 25.8 Å².